The zero-order valence-corrected chi connectivity index (χ0v) is 14.3. The Kier molecular flexibility index (Phi) is 4.38. The van der Waals surface area contributed by atoms with E-state index in [1.807, 2.05) is 24.3 Å². The number of para-hydroxylation sites is 1. The normalized spacial score (nSPS) is 11.7. The van der Waals surface area contributed by atoms with Crippen LogP contribution in [0.4, 0.5) is 13.2 Å². The lowest BCUT2D eigenvalue weighted by molar-refractivity contribution is -0.274. The molecule has 5 nitrogen and oxygen atoms in total. The molecule has 0 saturated carbocycles. The fourth-order valence-corrected chi connectivity index (χ4v) is 2.99. The second-order valence-electron chi connectivity index (χ2n) is 6.04. The Labute approximate surface area is 156 Å². The van der Waals surface area contributed by atoms with Crippen molar-refractivity contribution in [3.63, 3.8) is 0 Å². The molecule has 2 aromatic heterocycles. The molecule has 0 bridgehead atoms. The summed E-state index contributed by atoms with van der Waals surface area (Å²) in [5.41, 5.74) is 1.92. The number of halogens is 3. The lowest BCUT2D eigenvalue weighted by Gasteiger charge is -2.10. The first-order valence-electron chi connectivity index (χ1n) is 8.28. The van der Waals surface area contributed by atoms with Gasteiger partial charge in [0, 0.05) is 5.39 Å². The smallest absolute Gasteiger partial charge is 0.452 e. The minimum atomic E-state index is -4.75. The summed E-state index contributed by atoms with van der Waals surface area (Å²) in [6.45, 7) is 0.233. The standard InChI is InChI=1S/C20H13F3N2O3/c21-20(22,23)28-14-5-3-4-13(10-14)11-25-17-7-2-1-6-16(17)19(24-25)18-9-8-15(12-26)27-18/h1-10,12H,11H2. The predicted molar refractivity (Wildman–Crippen MR) is 95.0 cm³/mol. The van der Waals surface area contributed by atoms with Gasteiger partial charge in [-0.25, -0.2) is 0 Å². The van der Waals surface area contributed by atoms with E-state index in [1.54, 1.807) is 22.9 Å². The number of ether oxygens (including phenoxy) is 1. The SMILES string of the molecule is O=Cc1ccc(-c2nn(Cc3cccc(OC(F)(F)F)c3)c3ccccc23)o1. The lowest BCUT2D eigenvalue weighted by Crippen LogP contribution is -2.17. The summed E-state index contributed by atoms with van der Waals surface area (Å²) >= 11 is 0. The number of carbonyl (C=O) groups is 1. The summed E-state index contributed by atoms with van der Waals surface area (Å²) in [5.74, 6) is 0.334. The van der Waals surface area contributed by atoms with E-state index in [0.29, 0.717) is 23.3 Å². The van der Waals surface area contributed by atoms with Crippen LogP contribution in [0, 0.1) is 0 Å². The Hall–Kier alpha value is -3.55. The molecular formula is C20H13F3N2O3. The third kappa shape index (κ3) is 3.62. The fraction of sp³-hybridized carbons (Fsp3) is 0.100. The lowest BCUT2D eigenvalue weighted by atomic mass is 10.1. The van der Waals surface area contributed by atoms with Gasteiger partial charge in [0.25, 0.3) is 0 Å². The number of fused-ring (bicyclic) bond motifs is 1. The molecule has 0 saturated heterocycles. The maximum atomic E-state index is 12.5. The van der Waals surface area contributed by atoms with Crippen molar-refractivity contribution >= 4 is 17.2 Å². The van der Waals surface area contributed by atoms with Crippen molar-refractivity contribution in [2.24, 2.45) is 0 Å². The second-order valence-corrected chi connectivity index (χ2v) is 6.04. The molecule has 0 unspecified atom stereocenters. The highest BCUT2D eigenvalue weighted by atomic mass is 19.4. The van der Waals surface area contributed by atoms with E-state index in [0.717, 1.165) is 10.9 Å². The van der Waals surface area contributed by atoms with Crippen molar-refractivity contribution in [1.82, 2.24) is 9.78 Å². The largest absolute Gasteiger partial charge is 0.573 e. The van der Waals surface area contributed by atoms with Crippen LogP contribution in [0.1, 0.15) is 16.1 Å². The highest BCUT2D eigenvalue weighted by molar-refractivity contribution is 5.92. The van der Waals surface area contributed by atoms with Gasteiger partial charge in [-0.1, -0.05) is 30.3 Å². The minimum absolute atomic E-state index is 0.186. The Morgan fingerprint density at radius 3 is 2.64 bits per heavy atom. The van der Waals surface area contributed by atoms with Gasteiger partial charge in [-0.2, -0.15) is 5.10 Å². The van der Waals surface area contributed by atoms with Crippen molar-refractivity contribution in [2.45, 2.75) is 12.9 Å². The molecule has 0 atom stereocenters. The van der Waals surface area contributed by atoms with E-state index in [2.05, 4.69) is 9.84 Å². The molecular weight excluding hydrogens is 373 g/mol. The van der Waals surface area contributed by atoms with Crippen LogP contribution >= 0.6 is 0 Å². The summed E-state index contributed by atoms with van der Waals surface area (Å²) in [4.78, 5) is 10.9. The maximum Gasteiger partial charge on any atom is 0.573 e. The average molecular weight is 386 g/mol. The summed E-state index contributed by atoms with van der Waals surface area (Å²) in [5, 5.41) is 5.35. The number of nitrogens with zero attached hydrogens (tertiary/aromatic N) is 2. The molecule has 0 amide bonds. The molecule has 0 spiro atoms. The first-order valence-corrected chi connectivity index (χ1v) is 8.28. The molecule has 0 aliphatic carbocycles. The first kappa shape index (κ1) is 17.8. The number of hydrogen-bond donors (Lipinski definition) is 0. The Bertz CT molecular complexity index is 1150. The summed E-state index contributed by atoms with van der Waals surface area (Å²) in [6.07, 6.45) is -4.14. The summed E-state index contributed by atoms with van der Waals surface area (Å²) < 4.78 is 48.5. The summed E-state index contributed by atoms with van der Waals surface area (Å²) in [6, 6.07) is 16.4. The molecule has 0 N–H and O–H groups in total. The van der Waals surface area contributed by atoms with Crippen LogP contribution in [-0.4, -0.2) is 22.4 Å². The van der Waals surface area contributed by atoms with E-state index in [-0.39, 0.29) is 18.1 Å². The molecule has 8 heteroatoms. The number of rotatable bonds is 5. The monoisotopic (exact) mass is 386 g/mol. The average Bonchev–Trinajstić information content (AvgIpc) is 3.26. The van der Waals surface area contributed by atoms with Gasteiger partial charge in [0.15, 0.2) is 17.8 Å². The van der Waals surface area contributed by atoms with E-state index in [9.17, 15) is 18.0 Å². The fourth-order valence-electron chi connectivity index (χ4n) is 2.99. The minimum Gasteiger partial charge on any atom is -0.452 e. The molecule has 0 aliphatic heterocycles. The van der Waals surface area contributed by atoms with Crippen LogP contribution in [0.2, 0.25) is 0 Å². The molecule has 0 radical (unpaired) electrons. The summed E-state index contributed by atoms with van der Waals surface area (Å²) in [7, 11) is 0. The second kappa shape index (κ2) is 6.88. The van der Waals surface area contributed by atoms with Gasteiger partial charge >= 0.3 is 6.36 Å². The number of furan rings is 1. The molecule has 2 heterocycles. The Morgan fingerprint density at radius 2 is 1.89 bits per heavy atom. The Morgan fingerprint density at radius 1 is 1.07 bits per heavy atom. The van der Waals surface area contributed by atoms with Crippen molar-refractivity contribution < 1.29 is 27.1 Å². The van der Waals surface area contributed by atoms with Gasteiger partial charge in [0.2, 0.25) is 0 Å². The van der Waals surface area contributed by atoms with Crippen molar-refractivity contribution in [1.29, 1.82) is 0 Å². The number of aromatic nitrogens is 2. The number of alkyl halides is 3. The van der Waals surface area contributed by atoms with E-state index in [4.69, 9.17) is 4.42 Å². The van der Waals surface area contributed by atoms with E-state index >= 15 is 0 Å². The van der Waals surface area contributed by atoms with E-state index < -0.39 is 6.36 Å². The molecule has 0 aliphatic rings. The number of carbonyl (C=O) groups excluding carboxylic acids is 1. The molecule has 4 rings (SSSR count). The molecule has 2 aromatic carbocycles. The van der Waals surface area contributed by atoms with Crippen LogP contribution in [0.5, 0.6) is 5.75 Å². The third-order valence-corrected chi connectivity index (χ3v) is 4.10. The van der Waals surface area contributed by atoms with Crippen LogP contribution < -0.4 is 4.74 Å². The number of aldehydes is 1. The molecule has 142 valence electrons. The quantitative estimate of drug-likeness (QED) is 0.450. The molecule has 28 heavy (non-hydrogen) atoms. The zero-order chi connectivity index (χ0) is 19.7. The third-order valence-electron chi connectivity index (χ3n) is 4.10. The highest BCUT2D eigenvalue weighted by Crippen LogP contribution is 2.30. The topological polar surface area (TPSA) is 57.3 Å². The number of benzene rings is 2. The van der Waals surface area contributed by atoms with Gasteiger partial charge in [-0.05, 0) is 35.9 Å². The maximum absolute atomic E-state index is 12.5. The van der Waals surface area contributed by atoms with Gasteiger partial charge in [-0.3, -0.25) is 9.48 Å². The molecule has 4 aromatic rings. The Balaban J connectivity index is 1.72. The van der Waals surface area contributed by atoms with Gasteiger partial charge in [0.05, 0.1) is 12.1 Å². The van der Waals surface area contributed by atoms with Crippen molar-refractivity contribution in [2.75, 3.05) is 0 Å². The van der Waals surface area contributed by atoms with Gasteiger partial charge in [-0.15, -0.1) is 13.2 Å². The van der Waals surface area contributed by atoms with Gasteiger partial charge < -0.3 is 9.15 Å². The zero-order valence-electron chi connectivity index (χ0n) is 14.3. The van der Waals surface area contributed by atoms with Crippen LogP contribution in [0.25, 0.3) is 22.4 Å². The van der Waals surface area contributed by atoms with Crippen LogP contribution in [0.15, 0.2) is 65.1 Å². The van der Waals surface area contributed by atoms with Crippen molar-refractivity contribution in [3.05, 3.63) is 72.0 Å². The number of hydrogen-bond acceptors (Lipinski definition) is 4. The first-order chi connectivity index (χ1) is 13.4. The molecule has 0 fully saturated rings. The van der Waals surface area contributed by atoms with Gasteiger partial charge in [0.1, 0.15) is 11.4 Å². The van der Waals surface area contributed by atoms with Crippen LogP contribution in [0.3, 0.4) is 0 Å². The van der Waals surface area contributed by atoms with E-state index in [1.165, 1.54) is 18.2 Å². The predicted octanol–water partition coefficient (Wildman–Crippen LogP) is 5.06. The van der Waals surface area contributed by atoms with Crippen molar-refractivity contribution in [3.8, 4) is 17.2 Å². The van der Waals surface area contributed by atoms with Crippen LogP contribution in [-0.2, 0) is 6.54 Å². The highest BCUT2D eigenvalue weighted by Gasteiger charge is 2.31.